The van der Waals surface area contributed by atoms with Crippen molar-refractivity contribution in [2.24, 2.45) is 0 Å². The average Bonchev–Trinajstić information content (AvgIpc) is 2.75. The monoisotopic (exact) mass is 432 g/mol. The van der Waals surface area contributed by atoms with E-state index in [1.807, 2.05) is 24.3 Å². The van der Waals surface area contributed by atoms with E-state index in [2.05, 4.69) is 26.2 Å². The van der Waals surface area contributed by atoms with Gasteiger partial charge in [-0.1, -0.05) is 60.8 Å². The molecule has 0 aliphatic heterocycles. The molecule has 152 valence electrons. The molecule has 0 fully saturated rings. The van der Waals surface area contributed by atoms with Gasteiger partial charge in [0.2, 0.25) is 0 Å². The van der Waals surface area contributed by atoms with Gasteiger partial charge in [0.05, 0.1) is 28.7 Å². The maximum Gasteiger partial charge on any atom is 0.343 e. The van der Waals surface area contributed by atoms with Crippen molar-refractivity contribution in [2.45, 2.75) is 26.2 Å². The van der Waals surface area contributed by atoms with E-state index in [1.165, 1.54) is 10.4 Å². The Morgan fingerprint density at radius 1 is 0.533 bits per heavy atom. The minimum atomic E-state index is -0.545. The van der Waals surface area contributed by atoms with Gasteiger partial charge in [0.25, 0.3) is 0 Å². The smallest absolute Gasteiger partial charge is 0.343 e. The molecular formula is C24H24O4Si2. The largest absolute Gasteiger partial charge is 0.423 e. The SMILES string of the molecule is C[Si](C)c1ccc(C(=O)Oc2ccc(OC(=O)c3ccc([Si](C)C)cc3)cc2)cc1. The third kappa shape index (κ3) is 5.55. The lowest BCUT2D eigenvalue weighted by atomic mass is 10.2. The lowest BCUT2D eigenvalue weighted by Gasteiger charge is -2.08. The molecule has 2 radical (unpaired) electrons. The van der Waals surface area contributed by atoms with Crippen molar-refractivity contribution < 1.29 is 19.1 Å². The molecule has 30 heavy (non-hydrogen) atoms. The Hall–Kier alpha value is -2.97. The molecular weight excluding hydrogens is 408 g/mol. The fraction of sp³-hybridized carbons (Fsp3) is 0.167. The molecule has 3 rings (SSSR count). The summed E-state index contributed by atoms with van der Waals surface area (Å²) in [5.41, 5.74) is 1.01. The number of hydrogen-bond acceptors (Lipinski definition) is 4. The predicted octanol–water partition coefficient (Wildman–Crippen LogP) is 4.05. The molecule has 0 N–H and O–H groups in total. The topological polar surface area (TPSA) is 52.6 Å². The molecule has 0 saturated carbocycles. The average molecular weight is 433 g/mol. The standard InChI is InChI=1S/C24H24O4Si2/c1-29(2)21-13-5-17(6-14-21)23(25)27-19-9-11-20(12-10-19)28-24(26)18-7-15-22(16-8-18)30(3)4/h5-16H,1-4H3. The van der Waals surface area contributed by atoms with E-state index in [0.717, 1.165) is 0 Å². The summed E-state index contributed by atoms with van der Waals surface area (Å²) in [5.74, 6) is -0.0469. The van der Waals surface area contributed by atoms with E-state index in [-0.39, 0.29) is 0 Å². The summed E-state index contributed by atoms with van der Waals surface area (Å²) in [6, 6.07) is 21.5. The zero-order valence-electron chi connectivity index (χ0n) is 17.6. The fourth-order valence-corrected chi connectivity index (χ4v) is 4.45. The number of ether oxygens (including phenoxy) is 2. The fourth-order valence-electron chi connectivity index (χ4n) is 2.79. The number of rotatable bonds is 6. The second-order valence-electron chi connectivity index (χ2n) is 7.41. The molecule has 0 saturated heterocycles. The van der Waals surface area contributed by atoms with Crippen LogP contribution in [0.1, 0.15) is 20.7 Å². The van der Waals surface area contributed by atoms with Crippen LogP contribution in [0, 0.1) is 0 Å². The van der Waals surface area contributed by atoms with Gasteiger partial charge in [-0.25, -0.2) is 9.59 Å². The zero-order valence-corrected chi connectivity index (χ0v) is 19.6. The Labute approximate surface area is 180 Å². The van der Waals surface area contributed by atoms with Crippen molar-refractivity contribution in [3.05, 3.63) is 83.9 Å². The third-order valence-electron chi connectivity index (χ3n) is 4.64. The summed E-state index contributed by atoms with van der Waals surface area (Å²) >= 11 is 0. The van der Waals surface area contributed by atoms with Crippen molar-refractivity contribution in [3.8, 4) is 11.5 Å². The van der Waals surface area contributed by atoms with E-state index in [4.69, 9.17) is 9.47 Å². The van der Waals surface area contributed by atoms with E-state index in [1.54, 1.807) is 48.5 Å². The first-order valence-electron chi connectivity index (χ1n) is 9.69. The van der Waals surface area contributed by atoms with Gasteiger partial charge < -0.3 is 9.47 Å². The Kier molecular flexibility index (Phi) is 7.02. The summed E-state index contributed by atoms with van der Waals surface area (Å²) in [7, 11) is -1.09. The van der Waals surface area contributed by atoms with E-state index in [9.17, 15) is 9.59 Å². The molecule has 0 atom stereocenters. The zero-order chi connectivity index (χ0) is 21.7. The maximum atomic E-state index is 12.3. The van der Waals surface area contributed by atoms with Crippen molar-refractivity contribution in [1.29, 1.82) is 0 Å². The Balaban J connectivity index is 1.60. The van der Waals surface area contributed by atoms with Crippen LogP contribution in [0.3, 0.4) is 0 Å². The van der Waals surface area contributed by atoms with Crippen LogP contribution < -0.4 is 19.8 Å². The lowest BCUT2D eigenvalue weighted by Crippen LogP contribution is -2.22. The van der Waals surface area contributed by atoms with Gasteiger partial charge in [-0.05, 0) is 48.5 Å². The van der Waals surface area contributed by atoms with Crippen LogP contribution >= 0.6 is 0 Å². The Morgan fingerprint density at radius 3 is 1.10 bits per heavy atom. The van der Waals surface area contributed by atoms with Gasteiger partial charge in [-0.15, -0.1) is 0 Å². The van der Waals surface area contributed by atoms with E-state index < -0.39 is 29.5 Å². The van der Waals surface area contributed by atoms with Crippen LogP contribution in [0.5, 0.6) is 11.5 Å². The van der Waals surface area contributed by atoms with Gasteiger partial charge in [-0.3, -0.25) is 0 Å². The molecule has 0 bridgehead atoms. The third-order valence-corrected chi connectivity index (χ3v) is 7.62. The number of esters is 2. The highest BCUT2D eigenvalue weighted by atomic mass is 28.3. The Morgan fingerprint density at radius 2 is 0.833 bits per heavy atom. The van der Waals surface area contributed by atoms with Crippen LogP contribution in [-0.2, 0) is 0 Å². The molecule has 4 nitrogen and oxygen atoms in total. The lowest BCUT2D eigenvalue weighted by molar-refractivity contribution is 0.0719. The molecule has 0 unspecified atom stereocenters. The Bertz CT molecular complexity index is 924. The molecule has 0 heterocycles. The molecule has 0 aromatic heterocycles. The van der Waals surface area contributed by atoms with Crippen LogP contribution in [0.2, 0.25) is 26.2 Å². The summed E-state index contributed by atoms with van der Waals surface area (Å²) in [5, 5.41) is 2.53. The first-order valence-corrected chi connectivity index (χ1v) is 14.7. The highest BCUT2D eigenvalue weighted by molar-refractivity contribution is 6.71. The summed E-state index contributed by atoms with van der Waals surface area (Å²) in [6.45, 7) is 8.81. The van der Waals surface area contributed by atoms with E-state index in [0.29, 0.717) is 22.6 Å². The molecule has 0 aliphatic carbocycles. The summed E-state index contributed by atoms with van der Waals surface area (Å²) in [6.07, 6.45) is 0. The summed E-state index contributed by atoms with van der Waals surface area (Å²) in [4.78, 5) is 24.6. The van der Waals surface area contributed by atoms with E-state index >= 15 is 0 Å². The first-order chi connectivity index (χ1) is 14.3. The van der Waals surface area contributed by atoms with Gasteiger partial charge in [0.15, 0.2) is 0 Å². The molecule has 0 amide bonds. The second kappa shape index (κ2) is 9.69. The number of carbonyl (C=O) groups is 2. The van der Waals surface area contributed by atoms with Crippen LogP contribution in [-0.4, -0.2) is 29.5 Å². The highest BCUT2D eigenvalue weighted by Crippen LogP contribution is 2.20. The van der Waals surface area contributed by atoms with Gasteiger partial charge in [0.1, 0.15) is 11.5 Å². The molecule has 6 heteroatoms. The number of carbonyl (C=O) groups excluding carboxylic acids is 2. The van der Waals surface area contributed by atoms with Gasteiger partial charge in [-0.2, -0.15) is 0 Å². The van der Waals surface area contributed by atoms with Crippen molar-refractivity contribution in [3.63, 3.8) is 0 Å². The first kappa shape index (κ1) is 21.7. The van der Waals surface area contributed by atoms with Crippen molar-refractivity contribution in [1.82, 2.24) is 0 Å². The van der Waals surface area contributed by atoms with Crippen molar-refractivity contribution >= 4 is 39.9 Å². The van der Waals surface area contributed by atoms with Gasteiger partial charge >= 0.3 is 11.9 Å². The molecule has 0 aliphatic rings. The number of hydrogen-bond donors (Lipinski definition) is 0. The quantitative estimate of drug-likeness (QED) is 0.335. The number of benzene rings is 3. The highest BCUT2D eigenvalue weighted by Gasteiger charge is 2.12. The second-order valence-corrected chi connectivity index (χ2v) is 12.6. The predicted molar refractivity (Wildman–Crippen MR) is 123 cm³/mol. The molecule has 3 aromatic rings. The molecule has 3 aromatic carbocycles. The minimum Gasteiger partial charge on any atom is -0.423 e. The normalized spacial score (nSPS) is 10.9. The molecule has 0 spiro atoms. The van der Waals surface area contributed by atoms with Crippen molar-refractivity contribution in [2.75, 3.05) is 0 Å². The summed E-state index contributed by atoms with van der Waals surface area (Å²) < 4.78 is 10.8. The van der Waals surface area contributed by atoms with Gasteiger partial charge in [0, 0.05) is 0 Å². The minimum absolute atomic E-state index is 0.393. The van der Waals surface area contributed by atoms with Crippen LogP contribution in [0.15, 0.2) is 72.8 Å². The van der Waals surface area contributed by atoms with Crippen LogP contribution in [0.4, 0.5) is 0 Å². The maximum absolute atomic E-state index is 12.3. The van der Waals surface area contributed by atoms with Crippen LogP contribution in [0.25, 0.3) is 0 Å².